The molecule has 0 spiro atoms. The molecule has 0 heterocycles. The van der Waals surface area contributed by atoms with E-state index in [4.69, 9.17) is 0 Å². The minimum Gasteiger partial charge on any atom is -0.282 e. The molecule has 4 saturated carbocycles. The topological polar surface area (TPSA) is 1280 Å². The van der Waals surface area contributed by atoms with E-state index in [2.05, 4.69) is 83.7 Å². The van der Waals surface area contributed by atoms with Gasteiger partial charge in [0.05, 0.1) is 24.2 Å². The van der Waals surface area contributed by atoms with Crippen LogP contribution in [0.5, 0.6) is 0 Å². The highest BCUT2D eigenvalue weighted by atomic mass is 32.3. The fourth-order valence-electron chi connectivity index (χ4n) is 13.1. The molecular formula is C32H52N2O80S20. The van der Waals surface area contributed by atoms with E-state index in [0.29, 0.717) is 0 Å². The van der Waals surface area contributed by atoms with Crippen LogP contribution in [0.4, 0.5) is 0 Å². The van der Waals surface area contributed by atoms with Crippen molar-refractivity contribution in [2.24, 2.45) is 0 Å². The summed E-state index contributed by atoms with van der Waals surface area (Å²) in [7, 11) is -145. The Morgan fingerprint density at radius 3 is 0.284 bits per heavy atom. The van der Waals surface area contributed by atoms with Crippen LogP contribution in [0.15, 0.2) is 24.3 Å². The second-order valence-electron chi connectivity index (χ2n) is 24.9. The van der Waals surface area contributed by atoms with E-state index in [-0.39, 0.29) is 24.3 Å². The number of hydrogen-bond donors (Lipinski definition) is 20. The van der Waals surface area contributed by atoms with Crippen molar-refractivity contribution < 1.29 is 343 Å². The third kappa shape index (κ3) is 40.7. The summed E-state index contributed by atoms with van der Waals surface area (Å²) in [5, 5.41) is 0. The van der Waals surface area contributed by atoms with E-state index in [1.54, 1.807) is 0 Å². The van der Waals surface area contributed by atoms with Crippen LogP contribution in [0.3, 0.4) is 0 Å². The number of rotatable bonds is 48. The van der Waals surface area contributed by atoms with E-state index >= 15 is 0 Å². The predicted octanol–water partition coefficient (Wildman–Crippen LogP) is -15.4. The zero-order valence-corrected chi connectivity index (χ0v) is 77.4. The molecule has 5 rings (SSSR count). The molecule has 1 aromatic carbocycles. The van der Waals surface area contributed by atoms with Gasteiger partial charge in [0.2, 0.25) is 0 Å². The molecule has 0 amide bonds. The number of hydrogen-bond acceptors (Lipinski definition) is 62. The monoisotopic (exact) mass is 2380 g/mol. The molecule has 20 N–H and O–H groups in total. The highest BCUT2D eigenvalue weighted by Gasteiger charge is 2.71. The van der Waals surface area contributed by atoms with Crippen molar-refractivity contribution in [3.63, 3.8) is 0 Å². The zero-order chi connectivity index (χ0) is 105. The van der Waals surface area contributed by atoms with Gasteiger partial charge in [-0.3, -0.25) is 101 Å². The van der Waals surface area contributed by atoms with Crippen molar-refractivity contribution in [3.8, 4) is 0 Å². The average Bonchev–Trinajstić information content (AvgIpc) is 0.718. The SMILES string of the molecule is O=S(=O)(O)OC1[C@@H](OS(=O)(=O)O)[C@H](OS(=O)(=O)O)C(N(Cc2ccc(CN(C3[C@@H](OS(=O)(=O)O)[C@H](OS(=O)(=O)O)C(OS(=O)(=O)O)[C@@H](OS(=O)(=O)O)[C@H]3OS(=O)(=O)O)C3[C@@H](OS(=O)(=O)O)[C@H](OS(=O)(=O)O)C(OS(=O)(=O)O)[C@@H](OS(=O)(=O)O)[C@H]3OS(=O)(=O)O)cc2)C2[C@@H](OS(=O)(=O)O)[C@H](OS(=O)(=O)O)C(OS(=O)(=O)O)[C@@H](OS(=O)(=O)O)[C@H]2OS(=O)(=O)O)[C@H](OS(=O)(=O)O)[C@@H]1OS(=O)(=O)O. The highest BCUT2D eigenvalue weighted by Crippen LogP contribution is 2.48. The van der Waals surface area contributed by atoms with Gasteiger partial charge in [-0.25, -0.2) is 83.7 Å². The Labute approximate surface area is 749 Å². The third-order valence-corrected chi connectivity index (χ3v) is 25.1. The molecule has 24 atom stereocenters. The molecular weight excluding hydrogens is 2330 g/mol. The molecule has 0 aliphatic heterocycles. The smallest absolute Gasteiger partial charge is 0.282 e. The van der Waals surface area contributed by atoms with Crippen LogP contribution in [0.25, 0.3) is 0 Å². The van der Waals surface area contributed by atoms with E-state index in [1.165, 1.54) is 0 Å². The van der Waals surface area contributed by atoms with E-state index < -0.39 is 388 Å². The van der Waals surface area contributed by atoms with Gasteiger partial charge in [-0.2, -0.15) is 168 Å². The van der Waals surface area contributed by atoms with Crippen LogP contribution >= 0.6 is 0 Å². The average molecular weight is 2390 g/mol. The summed E-state index contributed by atoms with van der Waals surface area (Å²) < 4.78 is 809. The van der Waals surface area contributed by atoms with Crippen LogP contribution in [-0.4, -0.2) is 415 Å². The maximum absolute atomic E-state index is 13.3. The minimum absolute atomic E-state index is 0.334. The molecule has 134 heavy (non-hydrogen) atoms. The Kier molecular flexibility index (Phi) is 37.7. The minimum atomic E-state index is -7.39. The van der Waals surface area contributed by atoms with Crippen LogP contribution in [-0.2, 0) is 305 Å². The first-order valence-corrected chi connectivity index (χ1v) is 57.9. The maximum Gasteiger partial charge on any atom is 0.397 e. The predicted molar refractivity (Wildman–Crippen MR) is 381 cm³/mol. The van der Waals surface area contributed by atoms with Crippen molar-refractivity contribution in [1.29, 1.82) is 0 Å². The summed E-state index contributed by atoms with van der Waals surface area (Å²) in [4.78, 5) is -2.35. The van der Waals surface area contributed by atoms with Crippen LogP contribution < -0.4 is 0 Å². The lowest BCUT2D eigenvalue weighted by atomic mass is 9.77. The molecule has 1 aromatic rings. The van der Waals surface area contributed by atoms with Crippen molar-refractivity contribution in [3.05, 3.63) is 35.4 Å². The second kappa shape index (κ2) is 41.7. The fourth-order valence-corrected chi connectivity index (χ4v) is 23.1. The summed E-state index contributed by atoms with van der Waals surface area (Å²) in [6.07, 6.45) is -92.6. The van der Waals surface area contributed by atoms with Crippen LogP contribution in [0, 0.1) is 0 Å². The van der Waals surface area contributed by atoms with Gasteiger partial charge in [-0.05, 0) is 11.1 Å². The molecule has 8 unspecified atom stereocenters. The van der Waals surface area contributed by atoms with Gasteiger partial charge in [-0.1, -0.05) is 24.3 Å². The number of nitrogens with zero attached hydrogens (tertiary/aromatic N) is 2. The van der Waals surface area contributed by atoms with Gasteiger partial charge in [0.15, 0.2) is 0 Å². The normalized spacial score (nSPS) is 30.4. The molecule has 4 aliphatic rings. The lowest BCUT2D eigenvalue weighted by Gasteiger charge is -2.56. The molecule has 102 heteroatoms. The Balaban J connectivity index is 2.42. The van der Waals surface area contributed by atoms with Gasteiger partial charge >= 0.3 is 208 Å². The van der Waals surface area contributed by atoms with E-state index in [9.17, 15) is 259 Å². The third-order valence-electron chi connectivity index (χ3n) is 15.8. The quantitative estimate of drug-likeness (QED) is 0.0269. The Morgan fingerprint density at radius 1 is 0.142 bits per heavy atom. The Morgan fingerprint density at radius 2 is 0.209 bits per heavy atom. The van der Waals surface area contributed by atoms with Crippen LogP contribution in [0.1, 0.15) is 11.1 Å². The molecule has 4 aliphatic carbocycles. The first kappa shape index (κ1) is 121. The van der Waals surface area contributed by atoms with Crippen molar-refractivity contribution >= 4 is 208 Å². The Hall–Kier alpha value is -3.46. The maximum atomic E-state index is 13.3. The van der Waals surface area contributed by atoms with Crippen molar-refractivity contribution in [2.75, 3.05) is 0 Å². The summed E-state index contributed by atoms with van der Waals surface area (Å²) in [6.45, 7) is -5.83. The van der Waals surface area contributed by atoms with Gasteiger partial charge in [0.25, 0.3) is 0 Å². The molecule has 4 fully saturated rings. The first-order valence-electron chi connectivity index (χ1n) is 30.6. The lowest BCUT2D eigenvalue weighted by Crippen LogP contribution is -2.78. The lowest BCUT2D eigenvalue weighted by molar-refractivity contribution is -0.219. The molecule has 0 saturated heterocycles. The van der Waals surface area contributed by atoms with Crippen molar-refractivity contribution in [1.82, 2.24) is 9.80 Å². The summed E-state index contributed by atoms with van der Waals surface area (Å²) in [5.74, 6) is 0. The summed E-state index contributed by atoms with van der Waals surface area (Å²) in [6, 6.07) is -20.2. The molecule has 0 aromatic heterocycles. The fraction of sp³-hybridized carbons (Fsp3) is 0.812. The number of benzene rings is 1. The van der Waals surface area contributed by atoms with Gasteiger partial charge in [0.1, 0.15) is 122 Å². The van der Waals surface area contributed by atoms with E-state index in [0.717, 1.165) is 0 Å². The molecule has 0 bridgehead atoms. The largest absolute Gasteiger partial charge is 0.397 e. The zero-order valence-electron chi connectivity index (χ0n) is 61.1. The molecule has 0 radical (unpaired) electrons. The molecule has 790 valence electrons. The highest BCUT2D eigenvalue weighted by molar-refractivity contribution is 7.85. The van der Waals surface area contributed by atoms with Gasteiger partial charge in [-0.15, -0.1) is 0 Å². The standard InChI is InChI=1S/C32H52N2O80S20/c35-115(36,37)95-13-9(14(96-116(38,39)40)22(104-124(62,63)64)29(111-131(83,84)85)21(13)103-123(59,60)61)33(10-15(97-117(41,42)43)23(105-125(65,66)67)30(112-132(86,87)88)24(106-126(68,69)70)16(10)98-118(44,45)46)5-7-1-2-8(4-3-7)6-34(11-17(99-119(47,48)49)25(107-127(71,72)73)31(113-133(89,90)91)26(108-128(74,75)76)18(11)100-120(50,51)52)12-19(101-121(53,54)55)27(109-129(77,78)79)32(114-134(92,93)94)28(110-130(80,81)82)20(12)102-122(56,57)58/h1-4,9-32H,5-6H2,(H,35,36,37)(H,38,39,40)(H,41,42,43)(H,44,45,46)(H,47,48,49)(H,50,51,52)(H,53,54,55)(H,56,57,58)(H,59,60,61)(H,62,63,64)(H,65,66,67)(H,68,69,70)(H,71,72,73)(H,74,75,76)(H,77,78,79)(H,80,81,82)(H,83,84,85)(H,86,87,88)(H,89,90,91)(H,92,93,94)/t9?,10?,11?,12?,13-,14+,15-,16+,17-,18+,19-,20+,21-,22-,23-,24-,25-,26-,27-,28-,29?,30?,31?,32?/m0/s1. The summed E-state index contributed by atoms with van der Waals surface area (Å²) >= 11 is 0. The second-order valence-corrected chi connectivity index (χ2v) is 45.9. The van der Waals surface area contributed by atoms with Crippen LogP contribution in [0.2, 0.25) is 0 Å². The first-order chi connectivity index (χ1) is 58.8. The van der Waals surface area contributed by atoms with E-state index in [1.807, 2.05) is 0 Å². The molecule has 82 nitrogen and oxygen atoms in total. The van der Waals surface area contributed by atoms with Gasteiger partial charge in [0, 0.05) is 13.1 Å². The summed E-state index contributed by atoms with van der Waals surface area (Å²) in [5.41, 5.74) is -3.70. The van der Waals surface area contributed by atoms with Gasteiger partial charge < -0.3 is 0 Å². The van der Waals surface area contributed by atoms with Crippen molar-refractivity contribution in [2.45, 2.75) is 159 Å². The Bertz CT molecular complexity index is 5860.